The summed E-state index contributed by atoms with van der Waals surface area (Å²) in [5.41, 5.74) is 3.87. The van der Waals surface area contributed by atoms with Crippen LogP contribution in [0.2, 0.25) is 0 Å². The number of nitro benzene ring substituents is 1. The summed E-state index contributed by atoms with van der Waals surface area (Å²) in [6.07, 6.45) is 1.45. The van der Waals surface area contributed by atoms with E-state index in [2.05, 4.69) is 30.8 Å². The number of rotatable bonds is 7. The van der Waals surface area contributed by atoms with Gasteiger partial charge in [0.1, 0.15) is 5.82 Å². The third-order valence-electron chi connectivity index (χ3n) is 4.48. The van der Waals surface area contributed by atoms with Crippen LogP contribution in [-0.4, -0.2) is 52.4 Å². The molecular formula is C20H19FN8O3. The largest absolute Gasteiger partial charge is 0.378 e. The van der Waals surface area contributed by atoms with E-state index in [-0.39, 0.29) is 23.4 Å². The van der Waals surface area contributed by atoms with E-state index >= 15 is 0 Å². The number of nitrogens with one attached hydrogen (secondary N) is 2. The normalized spacial score (nSPS) is 13.8. The smallest absolute Gasteiger partial charge is 0.269 e. The van der Waals surface area contributed by atoms with Gasteiger partial charge in [-0.3, -0.25) is 10.1 Å². The summed E-state index contributed by atoms with van der Waals surface area (Å²) in [7, 11) is 0. The van der Waals surface area contributed by atoms with Gasteiger partial charge in [-0.2, -0.15) is 20.1 Å². The second-order valence-corrected chi connectivity index (χ2v) is 6.74. The first kappa shape index (κ1) is 21.1. The molecule has 32 heavy (non-hydrogen) atoms. The van der Waals surface area contributed by atoms with Gasteiger partial charge in [-0.05, 0) is 29.8 Å². The van der Waals surface area contributed by atoms with Crippen LogP contribution in [0.3, 0.4) is 0 Å². The molecule has 0 atom stereocenters. The van der Waals surface area contributed by atoms with Crippen LogP contribution in [-0.2, 0) is 4.74 Å². The van der Waals surface area contributed by atoms with Gasteiger partial charge < -0.3 is 15.0 Å². The van der Waals surface area contributed by atoms with Gasteiger partial charge in [0, 0.05) is 30.9 Å². The van der Waals surface area contributed by atoms with Crippen LogP contribution in [0.5, 0.6) is 0 Å². The molecule has 1 saturated heterocycles. The number of hydrazone groups is 1. The van der Waals surface area contributed by atoms with Crippen molar-refractivity contribution in [2.45, 2.75) is 0 Å². The Bertz CT molecular complexity index is 1120. The second-order valence-electron chi connectivity index (χ2n) is 6.74. The number of halogens is 1. The molecule has 3 aromatic rings. The number of aromatic nitrogens is 3. The van der Waals surface area contributed by atoms with E-state index in [1.54, 1.807) is 24.3 Å². The molecule has 4 rings (SSSR count). The zero-order chi connectivity index (χ0) is 22.3. The monoisotopic (exact) mass is 438 g/mol. The Labute approximate surface area is 182 Å². The lowest BCUT2D eigenvalue weighted by Crippen LogP contribution is -2.37. The molecule has 2 heterocycles. The predicted molar refractivity (Wildman–Crippen MR) is 117 cm³/mol. The van der Waals surface area contributed by atoms with E-state index in [1.807, 2.05) is 4.90 Å². The Hall–Kier alpha value is -4.19. The topological polar surface area (TPSA) is 131 Å². The zero-order valence-corrected chi connectivity index (χ0v) is 16.8. The second kappa shape index (κ2) is 9.75. The Morgan fingerprint density at radius 2 is 1.84 bits per heavy atom. The summed E-state index contributed by atoms with van der Waals surface area (Å²) < 4.78 is 18.7. The summed E-state index contributed by atoms with van der Waals surface area (Å²) in [6, 6.07) is 11.9. The average Bonchev–Trinajstić information content (AvgIpc) is 2.80. The molecule has 11 nitrogen and oxygen atoms in total. The lowest BCUT2D eigenvalue weighted by Gasteiger charge is -2.27. The van der Waals surface area contributed by atoms with Crippen molar-refractivity contribution in [2.24, 2.45) is 5.10 Å². The SMILES string of the molecule is O=[N+]([O-])c1ccc(Nc2nc(N/N=C/c3cccc(F)c3)nc(N3CCOCC3)n2)cc1. The van der Waals surface area contributed by atoms with Crippen molar-refractivity contribution < 1.29 is 14.1 Å². The number of non-ortho nitro benzene ring substituents is 1. The minimum atomic E-state index is -0.470. The van der Waals surface area contributed by atoms with Gasteiger partial charge in [0.2, 0.25) is 17.8 Å². The predicted octanol–water partition coefficient (Wildman–Crippen LogP) is 2.95. The summed E-state index contributed by atoms with van der Waals surface area (Å²) in [6.45, 7) is 2.34. The van der Waals surface area contributed by atoms with Gasteiger partial charge in [0.15, 0.2) is 0 Å². The van der Waals surface area contributed by atoms with Crippen molar-refractivity contribution in [3.05, 3.63) is 70.0 Å². The van der Waals surface area contributed by atoms with Crippen LogP contribution in [0.4, 0.5) is 33.6 Å². The summed E-state index contributed by atoms with van der Waals surface area (Å²) in [5, 5.41) is 17.9. The summed E-state index contributed by atoms with van der Waals surface area (Å²) in [4.78, 5) is 25.5. The van der Waals surface area contributed by atoms with Crippen molar-refractivity contribution in [1.82, 2.24) is 15.0 Å². The lowest BCUT2D eigenvalue weighted by molar-refractivity contribution is -0.384. The number of ether oxygens (including phenoxy) is 1. The fourth-order valence-corrected chi connectivity index (χ4v) is 2.92. The minimum absolute atomic E-state index is 0.0192. The molecule has 0 amide bonds. The highest BCUT2D eigenvalue weighted by molar-refractivity contribution is 5.79. The Balaban J connectivity index is 1.56. The number of hydrogen-bond acceptors (Lipinski definition) is 10. The highest BCUT2D eigenvalue weighted by Gasteiger charge is 2.17. The molecule has 1 aromatic heterocycles. The molecule has 1 fully saturated rings. The lowest BCUT2D eigenvalue weighted by atomic mass is 10.2. The van der Waals surface area contributed by atoms with Crippen LogP contribution in [0, 0.1) is 15.9 Å². The number of anilines is 4. The standard InChI is InChI=1S/C20H19FN8O3/c21-15-3-1-2-14(12-15)13-22-27-19-24-18(23-16-4-6-17(7-5-16)29(30)31)25-20(26-19)28-8-10-32-11-9-28/h1-7,12-13H,8-11H2,(H2,23,24,25,26,27)/b22-13+. The molecule has 2 aromatic carbocycles. The molecule has 12 heteroatoms. The fourth-order valence-electron chi connectivity index (χ4n) is 2.92. The van der Waals surface area contributed by atoms with Gasteiger partial charge in [-0.25, -0.2) is 9.82 Å². The van der Waals surface area contributed by atoms with Gasteiger partial charge in [-0.1, -0.05) is 12.1 Å². The quantitative estimate of drug-likeness (QED) is 0.325. The first-order valence-corrected chi connectivity index (χ1v) is 9.72. The van der Waals surface area contributed by atoms with Crippen molar-refractivity contribution >= 4 is 35.4 Å². The molecule has 0 radical (unpaired) electrons. The minimum Gasteiger partial charge on any atom is -0.378 e. The van der Waals surface area contributed by atoms with Crippen molar-refractivity contribution in [3.8, 4) is 0 Å². The molecular weight excluding hydrogens is 419 g/mol. The summed E-state index contributed by atoms with van der Waals surface area (Å²) >= 11 is 0. The zero-order valence-electron chi connectivity index (χ0n) is 16.8. The fraction of sp³-hybridized carbons (Fsp3) is 0.200. The maximum Gasteiger partial charge on any atom is 0.269 e. The molecule has 0 spiro atoms. The molecule has 1 aliphatic rings. The first-order valence-electron chi connectivity index (χ1n) is 9.72. The summed E-state index contributed by atoms with van der Waals surface area (Å²) in [5.74, 6) is 0.479. The van der Waals surface area contributed by atoms with E-state index in [0.717, 1.165) is 0 Å². The molecule has 0 saturated carbocycles. The molecule has 1 aliphatic heterocycles. The van der Waals surface area contributed by atoms with Gasteiger partial charge in [0.05, 0.1) is 24.4 Å². The number of nitrogens with zero attached hydrogens (tertiary/aromatic N) is 6. The Morgan fingerprint density at radius 1 is 1.09 bits per heavy atom. The molecule has 0 aliphatic carbocycles. The molecule has 164 valence electrons. The van der Waals surface area contributed by atoms with E-state index in [9.17, 15) is 14.5 Å². The molecule has 0 unspecified atom stereocenters. The molecule has 2 N–H and O–H groups in total. The van der Waals surface area contributed by atoms with Crippen LogP contribution in [0.1, 0.15) is 5.56 Å². The van der Waals surface area contributed by atoms with E-state index in [0.29, 0.717) is 43.5 Å². The van der Waals surface area contributed by atoms with E-state index < -0.39 is 4.92 Å². The number of nitro groups is 1. The van der Waals surface area contributed by atoms with Gasteiger partial charge in [-0.15, -0.1) is 0 Å². The van der Waals surface area contributed by atoms with Crippen molar-refractivity contribution in [1.29, 1.82) is 0 Å². The third-order valence-corrected chi connectivity index (χ3v) is 4.48. The van der Waals surface area contributed by atoms with Crippen molar-refractivity contribution in [3.63, 3.8) is 0 Å². The van der Waals surface area contributed by atoms with Gasteiger partial charge >= 0.3 is 0 Å². The van der Waals surface area contributed by atoms with Crippen LogP contribution >= 0.6 is 0 Å². The first-order chi connectivity index (χ1) is 15.6. The Morgan fingerprint density at radius 3 is 2.56 bits per heavy atom. The average molecular weight is 438 g/mol. The maximum atomic E-state index is 13.3. The Kier molecular flexibility index (Phi) is 6.41. The highest BCUT2D eigenvalue weighted by Crippen LogP contribution is 2.21. The number of benzene rings is 2. The van der Waals surface area contributed by atoms with Gasteiger partial charge in [0.25, 0.3) is 5.69 Å². The van der Waals surface area contributed by atoms with E-state index in [4.69, 9.17) is 4.74 Å². The van der Waals surface area contributed by atoms with E-state index in [1.165, 1.54) is 30.5 Å². The number of hydrogen-bond donors (Lipinski definition) is 2. The number of morpholine rings is 1. The molecule has 0 bridgehead atoms. The highest BCUT2D eigenvalue weighted by atomic mass is 19.1. The van der Waals surface area contributed by atoms with Crippen LogP contribution < -0.4 is 15.6 Å². The maximum absolute atomic E-state index is 13.3. The third kappa shape index (κ3) is 5.49. The van der Waals surface area contributed by atoms with Crippen LogP contribution in [0.25, 0.3) is 0 Å². The van der Waals surface area contributed by atoms with Crippen LogP contribution in [0.15, 0.2) is 53.6 Å². The van der Waals surface area contributed by atoms with Crippen molar-refractivity contribution in [2.75, 3.05) is 41.9 Å².